The normalized spacial score (nSPS) is 13.8. The largest absolute Gasteiger partial charge is 0.462 e. The molecule has 0 N–H and O–H groups in total. The third kappa shape index (κ3) is 8.22. The van der Waals surface area contributed by atoms with Crippen LogP contribution in [0.5, 0.6) is 0 Å². The van der Waals surface area contributed by atoms with E-state index in [1.807, 2.05) is 20.8 Å². The van der Waals surface area contributed by atoms with Gasteiger partial charge in [-0.15, -0.1) is 0 Å². The number of carbonyl (C=O) groups is 2. The van der Waals surface area contributed by atoms with E-state index in [9.17, 15) is 9.59 Å². The molecule has 6 nitrogen and oxygen atoms in total. The number of ketones is 1. The molecule has 0 spiro atoms. The van der Waals surface area contributed by atoms with E-state index >= 15 is 0 Å². The van der Waals surface area contributed by atoms with Crippen LogP contribution in [-0.4, -0.2) is 47.6 Å². The fraction of sp³-hybridized carbons (Fsp3) is 0.889. The van der Waals surface area contributed by atoms with E-state index in [2.05, 4.69) is 0 Å². The molecule has 0 saturated heterocycles. The second-order valence-electron chi connectivity index (χ2n) is 8.59. The van der Waals surface area contributed by atoms with Gasteiger partial charge in [-0.1, -0.05) is 0 Å². The van der Waals surface area contributed by atoms with Gasteiger partial charge >= 0.3 is 11.8 Å². The monoisotopic (exact) mass is 346 g/mol. The molecular weight excluding hydrogens is 312 g/mol. The quantitative estimate of drug-likeness (QED) is 0.400. The molecule has 0 unspecified atom stereocenters. The van der Waals surface area contributed by atoms with Gasteiger partial charge in [0.05, 0.1) is 23.4 Å². The van der Waals surface area contributed by atoms with Crippen LogP contribution >= 0.6 is 0 Å². The lowest BCUT2D eigenvalue weighted by molar-refractivity contribution is -0.292. The summed E-state index contributed by atoms with van der Waals surface area (Å²) in [4.78, 5) is 25.5. The number of Topliss-reactive ketones (excluding diaryl/α,β-unsaturated/α-hetero) is 1. The van der Waals surface area contributed by atoms with E-state index < -0.39 is 34.3 Å². The Balaban J connectivity index is 5.87. The molecule has 0 aromatic carbocycles. The van der Waals surface area contributed by atoms with Gasteiger partial charge < -0.3 is 18.9 Å². The second-order valence-corrected chi connectivity index (χ2v) is 8.59. The van der Waals surface area contributed by atoms with E-state index in [1.54, 1.807) is 48.5 Å². The standard InChI is InChI=1S/C18H34O6/c1-11-21-14(20)18(23-16(5,6)7,24-17(8,9)10)13(19)12-22-15(2,3)4/h11-12H2,1-10H3. The molecule has 0 aromatic rings. The average molecular weight is 346 g/mol. The first-order valence-electron chi connectivity index (χ1n) is 8.27. The van der Waals surface area contributed by atoms with Crippen LogP contribution in [0, 0.1) is 0 Å². The van der Waals surface area contributed by atoms with Gasteiger partial charge in [-0.2, -0.15) is 0 Å². The summed E-state index contributed by atoms with van der Waals surface area (Å²) in [6.07, 6.45) is 0. The molecule has 0 aliphatic heterocycles. The Hall–Kier alpha value is -0.980. The number of hydrogen-bond acceptors (Lipinski definition) is 6. The third-order valence-electron chi connectivity index (χ3n) is 2.45. The van der Waals surface area contributed by atoms with E-state index in [4.69, 9.17) is 18.9 Å². The summed E-state index contributed by atoms with van der Waals surface area (Å²) >= 11 is 0. The van der Waals surface area contributed by atoms with Crippen LogP contribution in [0.2, 0.25) is 0 Å². The Bertz CT molecular complexity index is 418. The van der Waals surface area contributed by atoms with Gasteiger partial charge in [0.1, 0.15) is 6.61 Å². The Kier molecular flexibility index (Phi) is 7.61. The summed E-state index contributed by atoms with van der Waals surface area (Å²) in [5.41, 5.74) is -2.16. The van der Waals surface area contributed by atoms with Crippen LogP contribution in [0.25, 0.3) is 0 Å². The van der Waals surface area contributed by atoms with Crippen molar-refractivity contribution in [2.24, 2.45) is 0 Å². The first kappa shape index (κ1) is 23.0. The highest BCUT2D eigenvalue weighted by molar-refractivity contribution is 6.06. The van der Waals surface area contributed by atoms with E-state index in [0.29, 0.717) is 0 Å². The molecule has 6 heteroatoms. The minimum atomic E-state index is -2.17. The number of hydrogen-bond donors (Lipinski definition) is 0. The zero-order valence-corrected chi connectivity index (χ0v) is 16.9. The minimum Gasteiger partial charge on any atom is -0.462 e. The van der Waals surface area contributed by atoms with Crippen molar-refractivity contribution in [2.45, 2.75) is 91.8 Å². The van der Waals surface area contributed by atoms with Crippen molar-refractivity contribution in [3.8, 4) is 0 Å². The zero-order chi connectivity index (χ0) is 19.4. The molecule has 0 aliphatic carbocycles. The summed E-state index contributed by atoms with van der Waals surface area (Å²) < 4.78 is 22.3. The summed E-state index contributed by atoms with van der Waals surface area (Å²) in [5, 5.41) is 0. The lowest BCUT2D eigenvalue weighted by Gasteiger charge is -2.39. The number of rotatable bonds is 7. The lowest BCUT2D eigenvalue weighted by atomic mass is 10.1. The third-order valence-corrected chi connectivity index (χ3v) is 2.45. The maximum Gasteiger partial charge on any atom is 0.375 e. The van der Waals surface area contributed by atoms with Crippen LogP contribution in [-0.2, 0) is 28.5 Å². The second kappa shape index (κ2) is 7.93. The average Bonchev–Trinajstić information content (AvgIpc) is 2.30. The number of ether oxygens (including phenoxy) is 4. The number of carbonyl (C=O) groups excluding carboxylic acids is 2. The smallest absolute Gasteiger partial charge is 0.375 e. The van der Waals surface area contributed by atoms with Crippen LogP contribution in [0.4, 0.5) is 0 Å². The van der Waals surface area contributed by atoms with E-state index in [1.165, 1.54) is 0 Å². The molecular formula is C18H34O6. The zero-order valence-electron chi connectivity index (χ0n) is 16.9. The lowest BCUT2D eigenvalue weighted by Crippen LogP contribution is -2.60. The molecule has 0 rings (SSSR count). The van der Waals surface area contributed by atoms with Crippen molar-refractivity contribution < 1.29 is 28.5 Å². The molecule has 0 aliphatic rings. The predicted molar refractivity (Wildman–Crippen MR) is 91.8 cm³/mol. The van der Waals surface area contributed by atoms with Gasteiger partial charge in [0.2, 0.25) is 5.78 Å². The minimum absolute atomic E-state index is 0.106. The maximum absolute atomic E-state index is 12.9. The highest BCUT2D eigenvalue weighted by Gasteiger charge is 2.55. The maximum atomic E-state index is 12.9. The molecule has 0 atom stereocenters. The molecule has 24 heavy (non-hydrogen) atoms. The molecule has 0 heterocycles. The van der Waals surface area contributed by atoms with Crippen LogP contribution in [0.3, 0.4) is 0 Å². The molecule has 0 saturated carbocycles. The van der Waals surface area contributed by atoms with Crippen LogP contribution in [0.1, 0.15) is 69.2 Å². The Morgan fingerprint density at radius 1 is 0.750 bits per heavy atom. The van der Waals surface area contributed by atoms with Crippen LogP contribution < -0.4 is 0 Å². The van der Waals surface area contributed by atoms with Gasteiger partial charge in [-0.05, 0) is 69.2 Å². The Morgan fingerprint density at radius 2 is 1.17 bits per heavy atom. The van der Waals surface area contributed by atoms with Crippen molar-refractivity contribution in [3.63, 3.8) is 0 Å². The van der Waals surface area contributed by atoms with Crippen molar-refractivity contribution in [1.82, 2.24) is 0 Å². The summed E-state index contributed by atoms with van der Waals surface area (Å²) in [5.74, 6) is -3.66. The van der Waals surface area contributed by atoms with Crippen LogP contribution in [0.15, 0.2) is 0 Å². The fourth-order valence-corrected chi connectivity index (χ4v) is 1.80. The van der Waals surface area contributed by atoms with Gasteiger partial charge in [0.15, 0.2) is 0 Å². The summed E-state index contributed by atoms with van der Waals surface area (Å²) in [6, 6.07) is 0. The topological polar surface area (TPSA) is 71.1 Å². The first-order valence-corrected chi connectivity index (χ1v) is 8.27. The van der Waals surface area contributed by atoms with Gasteiger partial charge in [0, 0.05) is 0 Å². The molecule has 142 valence electrons. The molecule has 0 bridgehead atoms. The van der Waals surface area contributed by atoms with Crippen molar-refractivity contribution in [1.29, 1.82) is 0 Å². The number of esters is 1. The van der Waals surface area contributed by atoms with E-state index in [-0.39, 0.29) is 13.2 Å². The van der Waals surface area contributed by atoms with Crippen molar-refractivity contribution in [3.05, 3.63) is 0 Å². The molecule has 0 aromatic heterocycles. The first-order chi connectivity index (χ1) is 10.5. The van der Waals surface area contributed by atoms with Gasteiger partial charge in [0.25, 0.3) is 0 Å². The molecule has 0 radical (unpaired) electrons. The molecule has 0 fully saturated rings. The fourth-order valence-electron chi connectivity index (χ4n) is 1.80. The molecule has 0 amide bonds. The highest BCUT2D eigenvalue weighted by atomic mass is 16.7. The van der Waals surface area contributed by atoms with Gasteiger partial charge in [-0.3, -0.25) is 4.79 Å². The van der Waals surface area contributed by atoms with E-state index in [0.717, 1.165) is 0 Å². The highest BCUT2D eigenvalue weighted by Crippen LogP contribution is 2.30. The summed E-state index contributed by atoms with van der Waals surface area (Å²) in [7, 11) is 0. The Labute approximate surface area is 146 Å². The SMILES string of the molecule is CCOC(=O)C(OC(C)(C)C)(OC(C)(C)C)C(=O)COC(C)(C)C. The predicted octanol–water partition coefficient (Wildman–Crippen LogP) is 3.26. The Morgan fingerprint density at radius 3 is 1.46 bits per heavy atom. The van der Waals surface area contributed by atoms with Gasteiger partial charge in [-0.25, -0.2) is 4.79 Å². The summed E-state index contributed by atoms with van der Waals surface area (Å²) in [6.45, 7) is 17.3. The van der Waals surface area contributed by atoms with Crippen molar-refractivity contribution in [2.75, 3.05) is 13.2 Å². The van der Waals surface area contributed by atoms with Crippen molar-refractivity contribution >= 4 is 11.8 Å².